The van der Waals surface area contributed by atoms with Gasteiger partial charge >= 0.3 is 0 Å². The molecule has 1 aliphatic rings. The topological polar surface area (TPSA) is 97.9 Å². The first-order valence-electron chi connectivity index (χ1n) is 8.17. The van der Waals surface area contributed by atoms with Crippen LogP contribution in [0.4, 0.5) is 5.69 Å². The summed E-state index contributed by atoms with van der Waals surface area (Å²) in [4.78, 5) is 17.1. The van der Waals surface area contributed by atoms with Gasteiger partial charge < -0.3 is 15.2 Å². The molecule has 0 bridgehead atoms. The molecule has 0 spiro atoms. The fraction of sp³-hybridized carbons (Fsp3) is 0.294. The van der Waals surface area contributed by atoms with Crippen LogP contribution in [-0.4, -0.2) is 38.9 Å². The molecule has 9 heteroatoms. The number of piperidine rings is 1. The smallest absolute Gasteiger partial charge is 0.252 e. The maximum absolute atomic E-state index is 13.1. The number of halogens is 1. The minimum atomic E-state index is -0.666. The Kier molecular flexibility index (Phi) is 5.34. The van der Waals surface area contributed by atoms with Crippen LogP contribution in [0.1, 0.15) is 12.8 Å². The maximum atomic E-state index is 13.1. The first kappa shape index (κ1) is 18.1. The van der Waals surface area contributed by atoms with E-state index in [1.807, 2.05) is 36.5 Å². The van der Waals surface area contributed by atoms with Crippen LogP contribution < -0.4 is 10.6 Å². The third-order valence-corrected chi connectivity index (χ3v) is 4.56. The van der Waals surface area contributed by atoms with Crippen molar-refractivity contribution >= 4 is 24.0 Å². The first-order valence-corrected chi connectivity index (χ1v) is 8.17. The highest BCUT2D eigenvalue weighted by Gasteiger charge is 2.42. The van der Waals surface area contributed by atoms with Gasteiger partial charge in [0.2, 0.25) is 12.2 Å². The van der Waals surface area contributed by atoms with Gasteiger partial charge in [0.05, 0.1) is 0 Å². The highest BCUT2D eigenvalue weighted by Crippen LogP contribution is 2.29. The van der Waals surface area contributed by atoms with Crippen LogP contribution in [0.5, 0.6) is 0 Å². The van der Waals surface area contributed by atoms with Crippen LogP contribution in [0.15, 0.2) is 53.6 Å². The van der Waals surface area contributed by atoms with Crippen molar-refractivity contribution in [3.05, 3.63) is 49.1 Å². The van der Waals surface area contributed by atoms with Gasteiger partial charge in [-0.1, -0.05) is 5.16 Å². The highest BCUT2D eigenvalue weighted by atomic mass is 35.5. The van der Waals surface area contributed by atoms with Crippen molar-refractivity contribution in [2.45, 2.75) is 18.4 Å². The van der Waals surface area contributed by atoms with Crippen molar-refractivity contribution in [3.8, 4) is 11.4 Å². The molecule has 136 valence electrons. The Hall–Kier alpha value is -2.71. The molecule has 1 aromatic carbocycles. The Morgan fingerprint density at radius 1 is 1.23 bits per heavy atom. The molecule has 3 aromatic rings. The predicted molar refractivity (Wildman–Crippen MR) is 97.9 cm³/mol. The SMILES string of the molecule is Cl.O=C(Nc1ccc(-c2ncon2)cc1)C1(n2cccn2)CCNCC1. The fourth-order valence-corrected chi connectivity index (χ4v) is 3.17. The van der Waals surface area contributed by atoms with E-state index in [1.54, 1.807) is 10.9 Å². The van der Waals surface area contributed by atoms with E-state index >= 15 is 0 Å². The van der Waals surface area contributed by atoms with Crippen LogP contribution >= 0.6 is 12.4 Å². The Balaban J connectivity index is 0.00000196. The summed E-state index contributed by atoms with van der Waals surface area (Å²) in [6.45, 7) is 1.56. The molecule has 0 aliphatic carbocycles. The molecule has 1 fully saturated rings. The van der Waals surface area contributed by atoms with Crippen molar-refractivity contribution in [2.24, 2.45) is 0 Å². The number of carbonyl (C=O) groups is 1. The lowest BCUT2D eigenvalue weighted by molar-refractivity contribution is -0.126. The summed E-state index contributed by atoms with van der Waals surface area (Å²) < 4.78 is 6.53. The minimum absolute atomic E-state index is 0. The first-order chi connectivity index (χ1) is 12.3. The van der Waals surface area contributed by atoms with Crippen LogP contribution in [0, 0.1) is 0 Å². The lowest BCUT2D eigenvalue weighted by Gasteiger charge is -2.36. The van der Waals surface area contributed by atoms with Crippen molar-refractivity contribution < 1.29 is 9.32 Å². The van der Waals surface area contributed by atoms with Crippen LogP contribution in [-0.2, 0) is 10.3 Å². The zero-order chi connectivity index (χ0) is 17.1. The Bertz CT molecular complexity index is 827. The molecular formula is C17H19ClN6O2. The monoisotopic (exact) mass is 374 g/mol. The number of amides is 1. The second kappa shape index (κ2) is 7.67. The minimum Gasteiger partial charge on any atom is -0.342 e. The van der Waals surface area contributed by atoms with Crippen LogP contribution in [0.2, 0.25) is 0 Å². The third-order valence-electron chi connectivity index (χ3n) is 4.56. The molecule has 0 saturated carbocycles. The molecule has 2 N–H and O–H groups in total. The van der Waals surface area contributed by atoms with Gasteiger partial charge in [-0.3, -0.25) is 9.48 Å². The van der Waals surface area contributed by atoms with E-state index in [1.165, 1.54) is 6.39 Å². The lowest BCUT2D eigenvalue weighted by atomic mass is 9.87. The summed E-state index contributed by atoms with van der Waals surface area (Å²) in [6.07, 6.45) is 6.24. The summed E-state index contributed by atoms with van der Waals surface area (Å²) in [6, 6.07) is 9.21. The molecule has 1 amide bonds. The number of benzene rings is 1. The number of carbonyl (C=O) groups excluding carboxylic acids is 1. The lowest BCUT2D eigenvalue weighted by Crippen LogP contribution is -2.52. The average molecular weight is 375 g/mol. The number of aromatic nitrogens is 4. The van der Waals surface area contributed by atoms with Gasteiger partial charge in [-0.05, 0) is 56.3 Å². The summed E-state index contributed by atoms with van der Waals surface area (Å²) in [7, 11) is 0. The van der Waals surface area contributed by atoms with E-state index in [0.717, 1.165) is 24.3 Å². The number of hydrogen-bond donors (Lipinski definition) is 2. The van der Waals surface area contributed by atoms with Gasteiger partial charge in [-0.15, -0.1) is 12.4 Å². The number of nitrogens with one attached hydrogen (secondary N) is 2. The maximum Gasteiger partial charge on any atom is 0.252 e. The molecule has 4 rings (SSSR count). The van der Waals surface area contributed by atoms with E-state index in [-0.39, 0.29) is 18.3 Å². The Morgan fingerprint density at radius 2 is 2.00 bits per heavy atom. The van der Waals surface area contributed by atoms with E-state index in [4.69, 9.17) is 4.52 Å². The van der Waals surface area contributed by atoms with Crippen molar-refractivity contribution in [2.75, 3.05) is 18.4 Å². The number of rotatable bonds is 4. The van der Waals surface area contributed by atoms with Crippen LogP contribution in [0.3, 0.4) is 0 Å². The number of hydrogen-bond acceptors (Lipinski definition) is 6. The summed E-state index contributed by atoms with van der Waals surface area (Å²) >= 11 is 0. The molecule has 3 heterocycles. The number of anilines is 1. The Morgan fingerprint density at radius 3 is 2.62 bits per heavy atom. The largest absolute Gasteiger partial charge is 0.342 e. The standard InChI is InChI=1S/C17H18N6O2.ClH/c24-16(17(6-9-18-10-7-17)23-11-1-8-20-23)21-14-4-2-13(3-5-14)15-19-12-25-22-15;/h1-5,8,11-12,18H,6-7,9-10H2,(H,21,24);1H. The summed E-state index contributed by atoms with van der Waals surface area (Å²) in [5, 5.41) is 14.4. The zero-order valence-corrected chi connectivity index (χ0v) is 14.8. The molecular weight excluding hydrogens is 356 g/mol. The Labute approximate surface area is 156 Å². The van der Waals surface area contributed by atoms with Gasteiger partial charge in [0.15, 0.2) is 0 Å². The fourth-order valence-electron chi connectivity index (χ4n) is 3.17. The van der Waals surface area contributed by atoms with Crippen molar-refractivity contribution in [1.29, 1.82) is 0 Å². The van der Waals surface area contributed by atoms with E-state index in [9.17, 15) is 4.79 Å². The summed E-state index contributed by atoms with van der Waals surface area (Å²) in [5.41, 5.74) is 0.888. The van der Waals surface area contributed by atoms with E-state index in [0.29, 0.717) is 18.7 Å². The predicted octanol–water partition coefficient (Wildman–Crippen LogP) is 2.07. The normalized spacial score (nSPS) is 15.8. The second-order valence-corrected chi connectivity index (χ2v) is 6.02. The molecule has 1 aliphatic heterocycles. The molecule has 26 heavy (non-hydrogen) atoms. The zero-order valence-electron chi connectivity index (χ0n) is 14.0. The highest BCUT2D eigenvalue weighted by molar-refractivity contribution is 5.96. The van der Waals surface area contributed by atoms with Crippen molar-refractivity contribution in [1.82, 2.24) is 25.2 Å². The van der Waals surface area contributed by atoms with E-state index < -0.39 is 5.54 Å². The van der Waals surface area contributed by atoms with Crippen LogP contribution in [0.25, 0.3) is 11.4 Å². The number of nitrogens with zero attached hydrogens (tertiary/aromatic N) is 4. The van der Waals surface area contributed by atoms with E-state index in [2.05, 4.69) is 25.9 Å². The summed E-state index contributed by atoms with van der Waals surface area (Å²) in [5.74, 6) is 0.467. The van der Waals surface area contributed by atoms with Gasteiger partial charge in [0.1, 0.15) is 5.54 Å². The third kappa shape index (κ3) is 3.33. The average Bonchev–Trinajstić information content (AvgIpc) is 3.37. The molecule has 0 radical (unpaired) electrons. The van der Waals surface area contributed by atoms with Gasteiger partial charge in [-0.2, -0.15) is 10.1 Å². The van der Waals surface area contributed by atoms with Gasteiger partial charge in [0.25, 0.3) is 5.91 Å². The molecule has 0 atom stereocenters. The van der Waals surface area contributed by atoms with Gasteiger partial charge in [-0.25, -0.2) is 0 Å². The molecule has 8 nitrogen and oxygen atoms in total. The van der Waals surface area contributed by atoms with Gasteiger partial charge in [0, 0.05) is 23.6 Å². The van der Waals surface area contributed by atoms with Crippen molar-refractivity contribution in [3.63, 3.8) is 0 Å². The molecule has 0 unspecified atom stereocenters. The second-order valence-electron chi connectivity index (χ2n) is 6.02. The molecule has 2 aromatic heterocycles. The quantitative estimate of drug-likeness (QED) is 0.725. The molecule has 1 saturated heterocycles.